The lowest BCUT2D eigenvalue weighted by Gasteiger charge is -2.14. The Labute approximate surface area is 224 Å². The molecule has 0 saturated heterocycles. The quantitative estimate of drug-likeness (QED) is 0.201. The second kappa shape index (κ2) is 11.4. The summed E-state index contributed by atoms with van der Waals surface area (Å²) in [6, 6.07) is 13.9. The molecule has 4 rings (SSSR count). The van der Waals surface area contributed by atoms with Crippen LogP contribution in [-0.2, 0) is 17.5 Å². The molecular formula is C27H19Cl2F3O6. The Balaban J connectivity index is 1.63. The summed E-state index contributed by atoms with van der Waals surface area (Å²) in [7, 11) is 0. The molecule has 0 radical (unpaired) electrons. The van der Waals surface area contributed by atoms with Gasteiger partial charge in [-0.25, -0.2) is 4.79 Å². The first-order valence-electron chi connectivity index (χ1n) is 11.3. The van der Waals surface area contributed by atoms with Gasteiger partial charge in [-0.05, 0) is 60.5 Å². The lowest BCUT2D eigenvalue weighted by atomic mass is 10.2. The Bertz CT molecular complexity index is 1530. The summed E-state index contributed by atoms with van der Waals surface area (Å²) >= 11 is 11.9. The van der Waals surface area contributed by atoms with Crippen molar-refractivity contribution in [1.82, 2.24) is 0 Å². The molecule has 0 saturated carbocycles. The van der Waals surface area contributed by atoms with E-state index < -0.39 is 29.1 Å². The number of fused-ring (bicyclic) bond motifs is 1. The minimum Gasteiger partial charge on any atom is -0.489 e. The van der Waals surface area contributed by atoms with Crippen molar-refractivity contribution in [1.29, 1.82) is 0 Å². The van der Waals surface area contributed by atoms with Gasteiger partial charge in [-0.3, -0.25) is 4.79 Å². The second-order valence-electron chi connectivity index (χ2n) is 8.04. The van der Waals surface area contributed by atoms with Gasteiger partial charge in [0.15, 0.2) is 0 Å². The molecule has 38 heavy (non-hydrogen) atoms. The highest BCUT2D eigenvalue weighted by molar-refractivity contribution is 6.42. The summed E-state index contributed by atoms with van der Waals surface area (Å²) in [5.74, 6) is -3.16. The van der Waals surface area contributed by atoms with Crippen molar-refractivity contribution < 1.29 is 36.6 Å². The van der Waals surface area contributed by atoms with E-state index in [-0.39, 0.29) is 41.2 Å². The Morgan fingerprint density at radius 2 is 1.66 bits per heavy atom. The second-order valence-corrected chi connectivity index (χ2v) is 8.86. The highest BCUT2D eigenvalue weighted by Crippen LogP contribution is 2.38. The van der Waals surface area contributed by atoms with Gasteiger partial charge in [0.2, 0.25) is 11.2 Å². The molecule has 0 aliphatic carbocycles. The van der Waals surface area contributed by atoms with E-state index in [4.69, 9.17) is 41.8 Å². The van der Waals surface area contributed by atoms with Crippen molar-refractivity contribution in [3.8, 4) is 17.2 Å². The summed E-state index contributed by atoms with van der Waals surface area (Å²) in [5.41, 5.74) is -0.512. The molecule has 1 heterocycles. The van der Waals surface area contributed by atoms with Crippen molar-refractivity contribution in [3.63, 3.8) is 0 Å². The van der Waals surface area contributed by atoms with E-state index in [2.05, 4.69) is 0 Å². The Morgan fingerprint density at radius 3 is 2.32 bits per heavy atom. The van der Waals surface area contributed by atoms with E-state index in [1.807, 2.05) is 6.92 Å². The standard InChI is InChI=1S/C27H19Cl2F3O6/c1-2-11-35-26(34)16-4-6-17(7-5-16)37-24-23(33)19-9-8-18(13-22(19)38-25(24)27(30,31)32)36-14-15-3-10-20(28)21(29)12-15/h3-10,12-13H,2,11,14H2,1H3. The van der Waals surface area contributed by atoms with Gasteiger partial charge in [-0.15, -0.1) is 0 Å². The Morgan fingerprint density at radius 1 is 0.947 bits per heavy atom. The molecule has 0 bridgehead atoms. The molecule has 4 aromatic rings. The maximum atomic E-state index is 13.9. The molecule has 3 aromatic carbocycles. The fraction of sp³-hybridized carbons (Fsp3) is 0.185. The highest BCUT2D eigenvalue weighted by atomic mass is 35.5. The van der Waals surface area contributed by atoms with Crippen molar-refractivity contribution in [2.75, 3.05) is 6.61 Å². The van der Waals surface area contributed by atoms with Gasteiger partial charge in [0.25, 0.3) is 5.76 Å². The van der Waals surface area contributed by atoms with Gasteiger partial charge in [0.05, 0.1) is 27.6 Å². The molecule has 198 valence electrons. The van der Waals surface area contributed by atoms with E-state index in [9.17, 15) is 22.8 Å². The zero-order chi connectivity index (χ0) is 27.4. The molecule has 0 aliphatic heterocycles. The SMILES string of the molecule is CCCOC(=O)c1ccc(Oc2c(C(F)(F)F)oc3cc(OCc4ccc(Cl)c(Cl)c4)ccc3c2=O)cc1. The predicted molar refractivity (Wildman–Crippen MR) is 135 cm³/mol. The summed E-state index contributed by atoms with van der Waals surface area (Å²) < 4.78 is 62.6. The highest BCUT2D eigenvalue weighted by Gasteiger charge is 2.40. The van der Waals surface area contributed by atoms with Crippen LogP contribution in [0.5, 0.6) is 17.2 Å². The molecular weight excluding hydrogens is 548 g/mol. The van der Waals surface area contributed by atoms with Crippen LogP contribution in [0.25, 0.3) is 11.0 Å². The molecule has 0 unspecified atom stereocenters. The van der Waals surface area contributed by atoms with Crippen molar-refractivity contribution >= 4 is 40.1 Å². The zero-order valence-corrected chi connectivity index (χ0v) is 21.2. The number of benzene rings is 3. The summed E-state index contributed by atoms with van der Waals surface area (Å²) in [6.07, 6.45) is -4.40. The van der Waals surface area contributed by atoms with E-state index in [1.165, 1.54) is 42.5 Å². The number of halogens is 5. The molecule has 6 nitrogen and oxygen atoms in total. The van der Waals surface area contributed by atoms with E-state index in [1.54, 1.807) is 18.2 Å². The summed E-state index contributed by atoms with van der Waals surface area (Å²) in [6.45, 7) is 2.11. The van der Waals surface area contributed by atoms with Crippen LogP contribution in [0.1, 0.15) is 35.0 Å². The molecule has 11 heteroatoms. The van der Waals surface area contributed by atoms with Crippen molar-refractivity contribution in [2.45, 2.75) is 26.1 Å². The number of ether oxygens (including phenoxy) is 3. The third-order valence-corrected chi connectivity index (χ3v) is 5.96. The number of carbonyl (C=O) groups is 1. The molecule has 0 spiro atoms. The number of rotatable bonds is 8. The monoisotopic (exact) mass is 566 g/mol. The third kappa shape index (κ3) is 6.23. The number of hydrogen-bond acceptors (Lipinski definition) is 6. The van der Waals surface area contributed by atoms with Gasteiger partial charge in [-0.2, -0.15) is 13.2 Å². The smallest absolute Gasteiger partial charge is 0.453 e. The first-order chi connectivity index (χ1) is 18.1. The lowest BCUT2D eigenvalue weighted by Crippen LogP contribution is -2.15. The van der Waals surface area contributed by atoms with Crippen LogP contribution < -0.4 is 14.9 Å². The summed E-state index contributed by atoms with van der Waals surface area (Å²) in [5, 5.41) is 0.548. The number of carbonyl (C=O) groups excluding carboxylic acids is 1. The lowest BCUT2D eigenvalue weighted by molar-refractivity contribution is -0.154. The molecule has 0 N–H and O–H groups in total. The first kappa shape index (κ1) is 27.3. The van der Waals surface area contributed by atoms with Crippen LogP contribution in [0.15, 0.2) is 69.9 Å². The van der Waals surface area contributed by atoms with Crippen LogP contribution in [0.2, 0.25) is 10.0 Å². The number of esters is 1. The van der Waals surface area contributed by atoms with E-state index in [0.717, 1.165) is 0 Å². The summed E-state index contributed by atoms with van der Waals surface area (Å²) in [4.78, 5) is 25.0. The van der Waals surface area contributed by atoms with Crippen LogP contribution in [-0.4, -0.2) is 12.6 Å². The van der Waals surface area contributed by atoms with Gasteiger partial charge in [0, 0.05) is 6.07 Å². The largest absolute Gasteiger partial charge is 0.489 e. The van der Waals surface area contributed by atoms with Crippen LogP contribution in [0, 0.1) is 0 Å². The maximum Gasteiger partial charge on any atom is 0.453 e. The average Bonchev–Trinajstić information content (AvgIpc) is 2.89. The topological polar surface area (TPSA) is 75.0 Å². The number of alkyl halides is 3. The third-order valence-electron chi connectivity index (χ3n) is 5.22. The van der Waals surface area contributed by atoms with E-state index >= 15 is 0 Å². The Hall–Kier alpha value is -3.69. The molecule has 1 aromatic heterocycles. The van der Waals surface area contributed by atoms with Crippen LogP contribution in [0.4, 0.5) is 13.2 Å². The maximum absolute atomic E-state index is 13.9. The van der Waals surface area contributed by atoms with Gasteiger partial charge < -0.3 is 18.6 Å². The average molecular weight is 567 g/mol. The fourth-order valence-corrected chi connectivity index (χ4v) is 3.70. The van der Waals surface area contributed by atoms with Gasteiger partial charge in [-0.1, -0.05) is 36.2 Å². The molecule has 0 atom stereocenters. The van der Waals surface area contributed by atoms with Gasteiger partial charge >= 0.3 is 12.1 Å². The van der Waals surface area contributed by atoms with Crippen molar-refractivity contribution in [2.24, 2.45) is 0 Å². The van der Waals surface area contributed by atoms with Crippen molar-refractivity contribution in [3.05, 3.63) is 97.8 Å². The van der Waals surface area contributed by atoms with Crippen LogP contribution >= 0.6 is 23.2 Å². The predicted octanol–water partition coefficient (Wildman–Crippen LogP) is 8.06. The molecule has 0 amide bonds. The molecule has 0 aliphatic rings. The van der Waals surface area contributed by atoms with E-state index in [0.29, 0.717) is 22.0 Å². The normalized spacial score (nSPS) is 11.4. The fourth-order valence-electron chi connectivity index (χ4n) is 3.38. The van der Waals surface area contributed by atoms with Crippen LogP contribution in [0.3, 0.4) is 0 Å². The Kier molecular flexibility index (Phi) is 8.18. The zero-order valence-electron chi connectivity index (χ0n) is 19.7. The van der Waals surface area contributed by atoms with Gasteiger partial charge in [0.1, 0.15) is 23.7 Å². The minimum atomic E-state index is -5.04. The molecule has 0 fully saturated rings. The first-order valence-corrected chi connectivity index (χ1v) is 12.0. The number of hydrogen-bond donors (Lipinski definition) is 0. The minimum absolute atomic E-state index is 0.0436.